The molecule has 0 rings (SSSR count). The van der Waals surface area contributed by atoms with Gasteiger partial charge in [0.25, 0.3) is 0 Å². The number of hydrogen-bond acceptors (Lipinski definition) is 4. The van der Waals surface area contributed by atoms with Crippen LogP contribution in [0.3, 0.4) is 0 Å². The molecule has 128 valence electrons. The smallest absolute Gasteiger partial charge is 0.233 e. The van der Waals surface area contributed by atoms with Crippen LogP contribution in [0.15, 0.2) is 0 Å². The van der Waals surface area contributed by atoms with Gasteiger partial charge in [-0.05, 0) is 19.3 Å². The first-order valence-corrected chi connectivity index (χ1v) is 10.4. The fourth-order valence-corrected chi connectivity index (χ4v) is 4.43. The van der Waals surface area contributed by atoms with Crippen molar-refractivity contribution >= 4 is 19.7 Å². The number of halogens is 1. The second kappa shape index (κ2) is 11.7. The van der Waals surface area contributed by atoms with Crippen molar-refractivity contribution in [2.75, 3.05) is 32.2 Å². The molecule has 0 heterocycles. The fourth-order valence-electron chi connectivity index (χ4n) is 2.64. The minimum Gasteiger partial charge on any atom is -0.379 e. The van der Waals surface area contributed by atoms with E-state index >= 15 is 0 Å². The quantitative estimate of drug-likeness (QED) is 0.354. The zero-order valence-electron chi connectivity index (χ0n) is 13.7. The van der Waals surface area contributed by atoms with Crippen LogP contribution in [0.25, 0.3) is 0 Å². The molecule has 0 bridgehead atoms. The molecule has 0 aliphatic carbocycles. The van der Waals surface area contributed by atoms with Gasteiger partial charge in [-0.15, -0.1) is 0 Å². The molecule has 6 heteroatoms. The molecule has 21 heavy (non-hydrogen) atoms. The second-order valence-electron chi connectivity index (χ2n) is 5.70. The predicted molar refractivity (Wildman–Crippen MR) is 88.4 cm³/mol. The molecule has 0 aromatic rings. The summed E-state index contributed by atoms with van der Waals surface area (Å²) in [7, 11) is 1.96. The molecule has 0 amide bonds. The first-order chi connectivity index (χ1) is 9.89. The van der Waals surface area contributed by atoms with Gasteiger partial charge in [0.15, 0.2) is 0 Å². The average Bonchev–Trinajstić information content (AvgIpc) is 2.36. The number of ether oxygens (including phenoxy) is 2. The molecule has 0 aromatic heterocycles. The van der Waals surface area contributed by atoms with Gasteiger partial charge in [-0.3, -0.25) is 0 Å². The minimum absolute atomic E-state index is 0.0140. The van der Waals surface area contributed by atoms with Crippen LogP contribution in [-0.2, 0) is 18.5 Å². The summed E-state index contributed by atoms with van der Waals surface area (Å²) in [5.41, 5.74) is -0.368. The third-order valence-corrected chi connectivity index (χ3v) is 4.75. The van der Waals surface area contributed by atoms with Crippen LogP contribution >= 0.6 is 10.7 Å². The first kappa shape index (κ1) is 21.2. The van der Waals surface area contributed by atoms with E-state index in [1.807, 2.05) is 0 Å². The van der Waals surface area contributed by atoms with Crippen molar-refractivity contribution in [1.82, 2.24) is 0 Å². The molecule has 0 fully saturated rings. The topological polar surface area (TPSA) is 52.6 Å². The van der Waals surface area contributed by atoms with E-state index in [0.29, 0.717) is 19.8 Å². The number of hydrogen-bond donors (Lipinski definition) is 0. The number of unbranched alkanes of at least 4 members (excludes halogenated alkanes) is 1. The van der Waals surface area contributed by atoms with Gasteiger partial charge >= 0.3 is 0 Å². The summed E-state index contributed by atoms with van der Waals surface area (Å²) >= 11 is 0. The van der Waals surface area contributed by atoms with Crippen LogP contribution in [0.1, 0.15) is 59.3 Å². The largest absolute Gasteiger partial charge is 0.379 e. The lowest BCUT2D eigenvalue weighted by molar-refractivity contribution is 0.00460. The molecule has 0 aliphatic heterocycles. The Hall–Kier alpha value is 0.160. The molecule has 0 radical (unpaired) electrons. The Labute approximate surface area is 135 Å². The van der Waals surface area contributed by atoms with E-state index in [4.69, 9.17) is 20.2 Å². The van der Waals surface area contributed by atoms with Crippen LogP contribution in [0.2, 0.25) is 0 Å². The Bertz CT molecular complexity index is 338. The van der Waals surface area contributed by atoms with Gasteiger partial charge in [0.05, 0.1) is 25.6 Å². The normalized spacial score (nSPS) is 12.8. The van der Waals surface area contributed by atoms with Crippen molar-refractivity contribution < 1.29 is 17.9 Å². The monoisotopic (exact) mass is 342 g/mol. The third kappa shape index (κ3) is 11.4. The van der Waals surface area contributed by atoms with Gasteiger partial charge in [0.1, 0.15) is 0 Å². The maximum Gasteiger partial charge on any atom is 0.233 e. The van der Waals surface area contributed by atoms with Crippen LogP contribution in [0, 0.1) is 5.41 Å². The van der Waals surface area contributed by atoms with Crippen LogP contribution < -0.4 is 0 Å². The maximum absolute atomic E-state index is 11.5. The van der Waals surface area contributed by atoms with Gasteiger partial charge in [0, 0.05) is 22.7 Å². The van der Waals surface area contributed by atoms with Gasteiger partial charge in [-0.2, -0.15) is 0 Å². The van der Waals surface area contributed by atoms with Crippen molar-refractivity contribution in [3.05, 3.63) is 0 Å². The molecule has 0 saturated heterocycles. The second-order valence-corrected chi connectivity index (χ2v) is 8.48. The molecule has 0 unspecified atom stereocenters. The Morgan fingerprint density at radius 3 is 1.95 bits per heavy atom. The van der Waals surface area contributed by atoms with E-state index in [1.165, 1.54) is 0 Å². The molecule has 0 spiro atoms. The highest BCUT2D eigenvalue weighted by molar-refractivity contribution is 8.13. The lowest BCUT2D eigenvalue weighted by Crippen LogP contribution is -2.34. The Kier molecular flexibility index (Phi) is 11.8. The van der Waals surface area contributed by atoms with Crippen molar-refractivity contribution in [3.8, 4) is 0 Å². The van der Waals surface area contributed by atoms with Crippen molar-refractivity contribution in [1.29, 1.82) is 0 Å². The van der Waals surface area contributed by atoms with Crippen LogP contribution in [-0.4, -0.2) is 40.6 Å². The molecule has 0 atom stereocenters. The molecule has 0 aromatic carbocycles. The van der Waals surface area contributed by atoms with Gasteiger partial charge in [0.2, 0.25) is 9.05 Å². The first-order valence-electron chi connectivity index (χ1n) is 7.97. The molecular formula is C15H31ClO4S. The minimum atomic E-state index is -3.52. The summed E-state index contributed by atoms with van der Waals surface area (Å²) in [5, 5.41) is 0. The highest BCUT2D eigenvalue weighted by Crippen LogP contribution is 2.33. The van der Waals surface area contributed by atoms with E-state index in [2.05, 4.69) is 20.8 Å². The summed E-state index contributed by atoms with van der Waals surface area (Å²) in [6.07, 6.45) is 5.63. The lowest BCUT2D eigenvalue weighted by atomic mass is 9.82. The van der Waals surface area contributed by atoms with Crippen molar-refractivity contribution in [2.45, 2.75) is 59.3 Å². The van der Waals surface area contributed by atoms with E-state index in [0.717, 1.165) is 45.1 Å². The summed E-state index contributed by atoms with van der Waals surface area (Å²) in [6, 6.07) is 0. The average molecular weight is 343 g/mol. The highest BCUT2D eigenvalue weighted by atomic mass is 35.7. The van der Waals surface area contributed by atoms with E-state index < -0.39 is 9.05 Å². The van der Waals surface area contributed by atoms with Gasteiger partial charge in [-0.25, -0.2) is 8.42 Å². The summed E-state index contributed by atoms with van der Waals surface area (Å²) < 4.78 is 34.1. The fraction of sp³-hybridized carbons (Fsp3) is 1.00. The molecular weight excluding hydrogens is 312 g/mol. The van der Waals surface area contributed by atoms with Crippen LogP contribution in [0.4, 0.5) is 0 Å². The van der Waals surface area contributed by atoms with Gasteiger partial charge in [-0.1, -0.05) is 40.0 Å². The van der Waals surface area contributed by atoms with Crippen LogP contribution in [0.5, 0.6) is 0 Å². The van der Waals surface area contributed by atoms with E-state index in [-0.39, 0.29) is 11.2 Å². The maximum atomic E-state index is 11.5. The van der Waals surface area contributed by atoms with E-state index in [9.17, 15) is 8.42 Å². The molecule has 0 N–H and O–H groups in total. The number of rotatable bonds is 14. The zero-order chi connectivity index (χ0) is 16.2. The standard InChI is InChI=1S/C15H31ClO4S/c1-4-7-10-19-11-12-20-13-15(8-5-2,9-6-3)14-21(16,17)18/h4-14H2,1-3H3. The Morgan fingerprint density at radius 2 is 1.48 bits per heavy atom. The predicted octanol–water partition coefficient (Wildman–Crippen LogP) is 3.97. The van der Waals surface area contributed by atoms with Crippen molar-refractivity contribution in [3.63, 3.8) is 0 Å². The van der Waals surface area contributed by atoms with Gasteiger partial charge < -0.3 is 9.47 Å². The molecule has 4 nitrogen and oxygen atoms in total. The highest BCUT2D eigenvalue weighted by Gasteiger charge is 2.33. The Morgan fingerprint density at radius 1 is 0.905 bits per heavy atom. The van der Waals surface area contributed by atoms with E-state index in [1.54, 1.807) is 0 Å². The molecule has 0 saturated carbocycles. The van der Waals surface area contributed by atoms with Crippen molar-refractivity contribution in [2.24, 2.45) is 5.41 Å². The summed E-state index contributed by atoms with van der Waals surface area (Å²) in [6.45, 7) is 8.47. The summed E-state index contributed by atoms with van der Waals surface area (Å²) in [5.74, 6) is -0.0140. The lowest BCUT2D eigenvalue weighted by Gasteiger charge is -2.32. The third-order valence-electron chi connectivity index (χ3n) is 3.46. The SMILES string of the molecule is CCCCOCCOCC(CCC)(CCC)CS(=O)(=O)Cl. The Balaban J connectivity index is 4.32. The zero-order valence-corrected chi connectivity index (χ0v) is 15.3. The summed E-state index contributed by atoms with van der Waals surface area (Å²) in [4.78, 5) is 0. The molecule has 0 aliphatic rings.